The Morgan fingerprint density at radius 3 is 2.94 bits per heavy atom. The van der Waals surface area contributed by atoms with Crippen molar-refractivity contribution in [3.63, 3.8) is 0 Å². The monoisotopic (exact) mass is 247 g/mol. The van der Waals surface area contributed by atoms with Gasteiger partial charge in [-0.3, -0.25) is 4.90 Å². The Bertz CT molecular complexity index is 501. The van der Waals surface area contributed by atoms with Crippen LogP contribution in [0, 0.1) is 0 Å². The van der Waals surface area contributed by atoms with Crippen LogP contribution >= 0.6 is 0 Å². The second-order valence-electron chi connectivity index (χ2n) is 4.88. The highest BCUT2D eigenvalue weighted by Gasteiger charge is 2.28. The lowest BCUT2D eigenvalue weighted by molar-refractivity contribution is 0.207. The zero-order valence-electron chi connectivity index (χ0n) is 10.4. The fourth-order valence-electron chi connectivity index (χ4n) is 2.66. The minimum atomic E-state index is -0.0394. The minimum absolute atomic E-state index is 0.0394. The number of fused-ring (bicyclic) bond motifs is 1. The van der Waals surface area contributed by atoms with Crippen molar-refractivity contribution in [2.24, 2.45) is 0 Å². The van der Waals surface area contributed by atoms with Crippen LogP contribution in [0.4, 0.5) is 10.5 Å². The lowest BCUT2D eigenvalue weighted by atomic mass is 10.1. The van der Waals surface area contributed by atoms with E-state index < -0.39 is 0 Å². The van der Waals surface area contributed by atoms with Crippen LogP contribution in [0.3, 0.4) is 0 Å². The van der Waals surface area contributed by atoms with Crippen LogP contribution in [0.15, 0.2) is 12.1 Å². The van der Waals surface area contributed by atoms with Crippen LogP contribution in [-0.4, -0.2) is 36.2 Å². The van der Waals surface area contributed by atoms with Gasteiger partial charge in [-0.1, -0.05) is 6.07 Å². The van der Waals surface area contributed by atoms with Gasteiger partial charge in [0, 0.05) is 38.8 Å². The second-order valence-corrected chi connectivity index (χ2v) is 4.88. The number of nitrogens with one attached hydrogen (secondary N) is 1. The van der Waals surface area contributed by atoms with E-state index in [1.54, 1.807) is 16.8 Å². The zero-order valence-corrected chi connectivity index (χ0v) is 10.4. The van der Waals surface area contributed by atoms with Gasteiger partial charge in [0.25, 0.3) is 0 Å². The molecule has 5 heteroatoms. The molecule has 0 aromatic heterocycles. The summed E-state index contributed by atoms with van der Waals surface area (Å²) in [5.41, 5.74) is 2.68. The first kappa shape index (κ1) is 11.3. The fourth-order valence-corrected chi connectivity index (χ4v) is 2.66. The Kier molecular flexibility index (Phi) is 2.63. The van der Waals surface area contributed by atoms with Gasteiger partial charge in [0.15, 0.2) is 0 Å². The third kappa shape index (κ3) is 1.62. The van der Waals surface area contributed by atoms with Crippen molar-refractivity contribution in [1.29, 1.82) is 0 Å². The molecule has 0 bridgehead atoms. The van der Waals surface area contributed by atoms with E-state index in [1.807, 2.05) is 12.1 Å². The summed E-state index contributed by atoms with van der Waals surface area (Å²) in [4.78, 5) is 15.5. The van der Waals surface area contributed by atoms with E-state index in [1.165, 1.54) is 0 Å². The van der Waals surface area contributed by atoms with Gasteiger partial charge in [0.05, 0.1) is 5.69 Å². The first-order valence-corrected chi connectivity index (χ1v) is 6.25. The largest absolute Gasteiger partial charge is 0.505 e. The molecule has 2 N–H and O–H groups in total. The zero-order chi connectivity index (χ0) is 12.7. The lowest BCUT2D eigenvalue weighted by Gasteiger charge is -2.33. The van der Waals surface area contributed by atoms with Crippen LogP contribution in [0.5, 0.6) is 5.75 Å². The summed E-state index contributed by atoms with van der Waals surface area (Å²) in [5.74, 6) is 0.251. The summed E-state index contributed by atoms with van der Waals surface area (Å²) in [7, 11) is 1.79. The molecule has 0 saturated carbocycles. The molecule has 2 aliphatic rings. The number of phenolic OH excluding ortho intramolecular Hbond substituents is 1. The molecule has 1 aromatic rings. The summed E-state index contributed by atoms with van der Waals surface area (Å²) >= 11 is 0. The summed E-state index contributed by atoms with van der Waals surface area (Å²) in [6.45, 7) is 2.91. The molecule has 2 aliphatic heterocycles. The van der Waals surface area contributed by atoms with Crippen LogP contribution in [0.25, 0.3) is 0 Å². The molecule has 0 unspecified atom stereocenters. The Balaban J connectivity index is 1.99. The number of anilines is 1. The molecule has 1 saturated heterocycles. The van der Waals surface area contributed by atoms with Gasteiger partial charge in [-0.25, -0.2) is 4.79 Å². The van der Waals surface area contributed by atoms with E-state index in [4.69, 9.17) is 0 Å². The fraction of sp³-hybridized carbons (Fsp3) is 0.462. The number of benzene rings is 1. The Labute approximate surface area is 106 Å². The highest BCUT2D eigenvalue weighted by Crippen LogP contribution is 2.36. The van der Waals surface area contributed by atoms with Gasteiger partial charge in [0.2, 0.25) is 0 Å². The summed E-state index contributed by atoms with van der Waals surface area (Å²) in [5, 5.41) is 13.5. The quantitative estimate of drug-likeness (QED) is 0.785. The van der Waals surface area contributed by atoms with Gasteiger partial charge >= 0.3 is 6.03 Å². The maximum Gasteiger partial charge on any atom is 0.324 e. The number of urea groups is 1. The van der Waals surface area contributed by atoms with Gasteiger partial charge in [-0.05, 0) is 18.1 Å². The smallest absolute Gasteiger partial charge is 0.324 e. The molecule has 18 heavy (non-hydrogen) atoms. The number of hydrogen-bond donors (Lipinski definition) is 2. The Morgan fingerprint density at radius 1 is 1.28 bits per heavy atom. The molecule has 5 nitrogen and oxygen atoms in total. The number of carbonyl (C=O) groups excluding carboxylic acids is 1. The van der Waals surface area contributed by atoms with Crippen molar-refractivity contribution in [3.8, 4) is 5.75 Å². The molecule has 3 rings (SSSR count). The molecule has 2 heterocycles. The lowest BCUT2D eigenvalue weighted by Crippen LogP contribution is -2.47. The highest BCUT2D eigenvalue weighted by atomic mass is 16.3. The van der Waals surface area contributed by atoms with E-state index >= 15 is 0 Å². The summed E-state index contributed by atoms with van der Waals surface area (Å²) in [6.07, 6.45) is 0.928. The molecule has 1 aromatic carbocycles. The topological polar surface area (TPSA) is 55.8 Å². The summed E-state index contributed by atoms with van der Waals surface area (Å²) in [6, 6.07) is 3.80. The molecule has 96 valence electrons. The maximum absolute atomic E-state index is 12.1. The predicted molar refractivity (Wildman–Crippen MR) is 68.6 cm³/mol. The first-order valence-electron chi connectivity index (χ1n) is 6.25. The number of rotatable bonds is 1. The van der Waals surface area contributed by atoms with Crippen molar-refractivity contribution in [1.82, 2.24) is 10.2 Å². The maximum atomic E-state index is 12.1. The second kappa shape index (κ2) is 4.17. The number of amides is 2. The van der Waals surface area contributed by atoms with Crippen molar-refractivity contribution >= 4 is 11.7 Å². The highest BCUT2D eigenvalue weighted by molar-refractivity contribution is 5.94. The average Bonchev–Trinajstić information content (AvgIpc) is 2.83. The van der Waals surface area contributed by atoms with Crippen molar-refractivity contribution in [3.05, 3.63) is 23.3 Å². The van der Waals surface area contributed by atoms with E-state index in [0.29, 0.717) is 18.8 Å². The van der Waals surface area contributed by atoms with Crippen molar-refractivity contribution in [2.45, 2.75) is 19.5 Å². The van der Waals surface area contributed by atoms with Crippen LogP contribution in [0.2, 0.25) is 0 Å². The van der Waals surface area contributed by atoms with Crippen LogP contribution in [0.1, 0.15) is 17.5 Å². The average molecular weight is 247 g/mol. The number of carbonyl (C=O) groups is 1. The van der Waals surface area contributed by atoms with E-state index in [9.17, 15) is 9.90 Å². The Hall–Kier alpha value is -1.75. The summed E-state index contributed by atoms with van der Waals surface area (Å²) < 4.78 is 0. The third-order valence-electron chi connectivity index (χ3n) is 3.70. The van der Waals surface area contributed by atoms with E-state index in [0.717, 1.165) is 30.6 Å². The minimum Gasteiger partial charge on any atom is -0.505 e. The van der Waals surface area contributed by atoms with E-state index in [2.05, 4.69) is 5.32 Å². The predicted octanol–water partition coefficient (Wildman–Crippen LogP) is 1.26. The standard InChI is InChI=1S/C13H17N3O2/c1-15-5-2-6-16(13(15)18)11-4-3-9-7-14-8-10(9)12(11)17/h3-4,14,17H,2,5-8H2,1H3. The van der Waals surface area contributed by atoms with Crippen molar-refractivity contribution in [2.75, 3.05) is 25.0 Å². The normalized spacial score (nSPS) is 19.3. The van der Waals surface area contributed by atoms with Crippen LogP contribution in [-0.2, 0) is 13.1 Å². The number of hydrogen-bond acceptors (Lipinski definition) is 3. The van der Waals surface area contributed by atoms with Gasteiger partial charge in [-0.2, -0.15) is 0 Å². The van der Waals surface area contributed by atoms with Gasteiger partial charge in [0.1, 0.15) is 5.75 Å². The third-order valence-corrected chi connectivity index (χ3v) is 3.70. The molecule has 0 aliphatic carbocycles. The molecule has 2 amide bonds. The molecular weight excluding hydrogens is 230 g/mol. The van der Waals surface area contributed by atoms with Crippen LogP contribution < -0.4 is 10.2 Å². The molecule has 0 radical (unpaired) electrons. The molecular formula is C13H17N3O2. The number of nitrogens with zero attached hydrogens (tertiary/aromatic N) is 2. The molecule has 0 atom stereocenters. The van der Waals surface area contributed by atoms with Gasteiger partial charge < -0.3 is 15.3 Å². The van der Waals surface area contributed by atoms with E-state index in [-0.39, 0.29) is 11.8 Å². The molecule has 0 spiro atoms. The SMILES string of the molecule is CN1CCCN(c2ccc3c(c2O)CNC3)C1=O. The Morgan fingerprint density at radius 2 is 2.11 bits per heavy atom. The number of phenols is 1. The van der Waals surface area contributed by atoms with Gasteiger partial charge in [-0.15, -0.1) is 0 Å². The van der Waals surface area contributed by atoms with Crippen molar-refractivity contribution < 1.29 is 9.90 Å². The molecule has 1 fully saturated rings. The first-order chi connectivity index (χ1) is 8.68. The number of aromatic hydroxyl groups is 1.